The minimum Gasteiger partial charge on any atom is -0.319 e. The van der Waals surface area contributed by atoms with Gasteiger partial charge in [-0.3, -0.25) is 4.79 Å². The third-order valence-electron chi connectivity index (χ3n) is 2.26. The zero-order valence-electron chi connectivity index (χ0n) is 10.9. The molecule has 6 heteroatoms. The molecule has 19 heavy (non-hydrogen) atoms. The summed E-state index contributed by atoms with van der Waals surface area (Å²) in [5, 5.41) is 1.47. The van der Waals surface area contributed by atoms with Gasteiger partial charge in [-0.05, 0) is 12.5 Å². The molecule has 0 aliphatic carbocycles. The first kappa shape index (κ1) is 15.2. The van der Waals surface area contributed by atoms with E-state index < -0.39 is 12.0 Å². The molecule has 0 saturated carbocycles. The molecule has 0 heterocycles. The summed E-state index contributed by atoms with van der Waals surface area (Å²) in [5.41, 5.74) is 4.29. The molecule has 0 fully saturated rings. The standard InChI is InChI=1S/C13H15F3N2O/c1-9-4-6-10(7-5-9)11(17-18(2)3)8-12(19)13(14,15)16/h4-8,17H,1-3H3/b11-8-. The smallest absolute Gasteiger partial charge is 0.319 e. The number of alkyl halides is 3. The molecular formula is C13H15F3N2O. The SMILES string of the molecule is Cc1ccc(/C(=C/C(=O)C(F)(F)F)NN(C)C)cc1. The van der Waals surface area contributed by atoms with Gasteiger partial charge in [0.1, 0.15) is 0 Å². The van der Waals surface area contributed by atoms with E-state index in [1.165, 1.54) is 5.01 Å². The zero-order chi connectivity index (χ0) is 14.6. The molecule has 0 unspecified atom stereocenters. The van der Waals surface area contributed by atoms with Crippen LogP contribution in [0.3, 0.4) is 0 Å². The second-order valence-electron chi connectivity index (χ2n) is 4.29. The van der Waals surface area contributed by atoms with Crippen LogP contribution in [0.2, 0.25) is 0 Å². The fraction of sp³-hybridized carbons (Fsp3) is 0.308. The molecule has 0 atom stereocenters. The summed E-state index contributed by atoms with van der Waals surface area (Å²) in [7, 11) is 3.25. The molecule has 0 spiro atoms. The number of nitrogens with zero attached hydrogens (tertiary/aromatic N) is 1. The van der Waals surface area contributed by atoms with Crippen molar-refractivity contribution in [1.29, 1.82) is 0 Å². The van der Waals surface area contributed by atoms with Gasteiger partial charge in [0.25, 0.3) is 5.78 Å². The second kappa shape index (κ2) is 5.88. The lowest BCUT2D eigenvalue weighted by Gasteiger charge is -2.17. The molecule has 0 bridgehead atoms. The average molecular weight is 272 g/mol. The average Bonchev–Trinajstić information content (AvgIpc) is 2.27. The Hall–Kier alpha value is -1.82. The van der Waals surface area contributed by atoms with Gasteiger partial charge in [0, 0.05) is 20.2 Å². The van der Waals surface area contributed by atoms with E-state index in [4.69, 9.17) is 0 Å². The maximum absolute atomic E-state index is 12.3. The van der Waals surface area contributed by atoms with E-state index in [-0.39, 0.29) is 5.70 Å². The summed E-state index contributed by atoms with van der Waals surface area (Å²) in [5.74, 6) is -1.89. The molecule has 0 aromatic heterocycles. The van der Waals surface area contributed by atoms with Gasteiger partial charge < -0.3 is 5.43 Å². The Morgan fingerprint density at radius 1 is 1.21 bits per heavy atom. The molecule has 0 saturated heterocycles. The number of ketones is 1. The first-order chi connectivity index (χ1) is 8.70. The molecule has 0 amide bonds. The van der Waals surface area contributed by atoms with Gasteiger partial charge >= 0.3 is 6.18 Å². The Kier molecular flexibility index (Phi) is 4.72. The van der Waals surface area contributed by atoms with E-state index >= 15 is 0 Å². The zero-order valence-corrected chi connectivity index (χ0v) is 10.9. The minimum atomic E-state index is -4.87. The van der Waals surface area contributed by atoms with Crippen molar-refractivity contribution in [3.05, 3.63) is 41.5 Å². The lowest BCUT2D eigenvalue weighted by atomic mass is 10.1. The first-order valence-electron chi connectivity index (χ1n) is 5.54. The van der Waals surface area contributed by atoms with Gasteiger partial charge in [-0.15, -0.1) is 0 Å². The monoisotopic (exact) mass is 272 g/mol. The van der Waals surface area contributed by atoms with E-state index in [1.807, 2.05) is 6.92 Å². The predicted octanol–water partition coefficient (Wildman–Crippen LogP) is 2.53. The highest BCUT2D eigenvalue weighted by Gasteiger charge is 2.36. The van der Waals surface area contributed by atoms with Crippen LogP contribution in [0.5, 0.6) is 0 Å². The fourth-order valence-electron chi connectivity index (χ4n) is 1.37. The molecule has 3 nitrogen and oxygen atoms in total. The van der Waals surface area contributed by atoms with Gasteiger partial charge in [0.2, 0.25) is 0 Å². The van der Waals surface area contributed by atoms with Gasteiger partial charge in [-0.25, -0.2) is 5.01 Å². The number of carbonyl (C=O) groups excluding carboxylic acids is 1. The van der Waals surface area contributed by atoms with E-state index in [9.17, 15) is 18.0 Å². The van der Waals surface area contributed by atoms with Crippen LogP contribution in [0.25, 0.3) is 5.70 Å². The Morgan fingerprint density at radius 2 is 1.74 bits per heavy atom. The van der Waals surface area contributed by atoms with Crippen molar-refractivity contribution >= 4 is 11.5 Å². The summed E-state index contributed by atoms with van der Waals surface area (Å²) in [4.78, 5) is 11.0. The highest BCUT2D eigenvalue weighted by atomic mass is 19.4. The number of carbonyl (C=O) groups is 1. The number of rotatable bonds is 4. The van der Waals surface area contributed by atoms with Crippen LogP contribution in [0, 0.1) is 6.92 Å². The molecule has 0 radical (unpaired) electrons. The van der Waals surface area contributed by atoms with Gasteiger partial charge in [-0.2, -0.15) is 13.2 Å². The molecular weight excluding hydrogens is 257 g/mol. The largest absolute Gasteiger partial charge is 0.454 e. The summed E-state index contributed by atoms with van der Waals surface area (Å²) in [6.07, 6.45) is -4.31. The van der Waals surface area contributed by atoms with Crippen LogP contribution < -0.4 is 5.43 Å². The Bertz CT molecular complexity index is 476. The van der Waals surface area contributed by atoms with Crippen molar-refractivity contribution in [2.75, 3.05) is 14.1 Å². The molecule has 0 aliphatic rings. The van der Waals surface area contributed by atoms with E-state index in [1.54, 1.807) is 38.4 Å². The maximum atomic E-state index is 12.3. The molecule has 1 N–H and O–H groups in total. The normalized spacial score (nSPS) is 12.7. The lowest BCUT2D eigenvalue weighted by molar-refractivity contribution is -0.165. The van der Waals surface area contributed by atoms with Crippen molar-refractivity contribution in [2.24, 2.45) is 0 Å². The first-order valence-corrected chi connectivity index (χ1v) is 5.54. The molecule has 1 aromatic carbocycles. The number of nitrogens with one attached hydrogen (secondary N) is 1. The van der Waals surface area contributed by atoms with E-state index in [0.717, 1.165) is 5.56 Å². The summed E-state index contributed by atoms with van der Waals surface area (Å²) in [6.45, 7) is 1.87. The van der Waals surface area contributed by atoms with Crippen molar-refractivity contribution in [2.45, 2.75) is 13.1 Å². The summed E-state index contributed by atoms with van der Waals surface area (Å²) in [6, 6.07) is 6.83. The van der Waals surface area contributed by atoms with E-state index in [0.29, 0.717) is 11.6 Å². The molecule has 104 valence electrons. The highest BCUT2D eigenvalue weighted by molar-refractivity contribution is 6.00. The quantitative estimate of drug-likeness (QED) is 0.675. The Labute approximate surface area is 109 Å². The number of hydrogen-bond acceptors (Lipinski definition) is 3. The van der Waals surface area contributed by atoms with Crippen LogP contribution in [-0.4, -0.2) is 31.1 Å². The molecule has 1 aromatic rings. The number of halogens is 3. The van der Waals surface area contributed by atoms with Gasteiger partial charge in [0.05, 0.1) is 5.70 Å². The van der Waals surface area contributed by atoms with Crippen LogP contribution in [0.4, 0.5) is 13.2 Å². The topological polar surface area (TPSA) is 32.3 Å². The number of hydrogen-bond donors (Lipinski definition) is 1. The number of aryl methyl sites for hydroxylation is 1. The Balaban J connectivity index is 3.11. The highest BCUT2D eigenvalue weighted by Crippen LogP contribution is 2.20. The number of benzene rings is 1. The predicted molar refractivity (Wildman–Crippen MR) is 67.0 cm³/mol. The third kappa shape index (κ3) is 4.75. The Morgan fingerprint density at radius 3 is 2.16 bits per heavy atom. The van der Waals surface area contributed by atoms with E-state index in [2.05, 4.69) is 5.43 Å². The fourth-order valence-corrected chi connectivity index (χ4v) is 1.37. The van der Waals surface area contributed by atoms with Crippen molar-refractivity contribution < 1.29 is 18.0 Å². The summed E-state index contributed by atoms with van der Waals surface area (Å²) >= 11 is 0. The molecule has 1 rings (SSSR count). The van der Waals surface area contributed by atoms with Crippen LogP contribution in [-0.2, 0) is 4.79 Å². The molecule has 0 aliphatic heterocycles. The second-order valence-corrected chi connectivity index (χ2v) is 4.29. The van der Waals surface area contributed by atoms with Crippen LogP contribution in [0.1, 0.15) is 11.1 Å². The van der Waals surface area contributed by atoms with Crippen molar-refractivity contribution in [3.63, 3.8) is 0 Å². The number of hydrazine groups is 1. The van der Waals surface area contributed by atoms with Gasteiger partial charge in [0.15, 0.2) is 0 Å². The number of allylic oxidation sites excluding steroid dienone is 1. The maximum Gasteiger partial charge on any atom is 0.454 e. The van der Waals surface area contributed by atoms with Crippen molar-refractivity contribution in [1.82, 2.24) is 10.4 Å². The summed E-state index contributed by atoms with van der Waals surface area (Å²) < 4.78 is 36.9. The minimum absolute atomic E-state index is 0.104. The van der Waals surface area contributed by atoms with Crippen LogP contribution >= 0.6 is 0 Å². The lowest BCUT2D eigenvalue weighted by Crippen LogP contribution is -2.30. The van der Waals surface area contributed by atoms with Crippen molar-refractivity contribution in [3.8, 4) is 0 Å². The third-order valence-corrected chi connectivity index (χ3v) is 2.26. The van der Waals surface area contributed by atoms with Crippen LogP contribution in [0.15, 0.2) is 30.3 Å². The van der Waals surface area contributed by atoms with Gasteiger partial charge in [-0.1, -0.05) is 29.8 Å².